The lowest BCUT2D eigenvalue weighted by Gasteiger charge is -2.22. The monoisotopic (exact) mass is 539 g/mol. The molecule has 1 unspecified atom stereocenters. The zero-order valence-electron chi connectivity index (χ0n) is 17.0. The van der Waals surface area contributed by atoms with Crippen LogP contribution in [0.3, 0.4) is 0 Å². The van der Waals surface area contributed by atoms with Gasteiger partial charge in [-0.05, 0) is 30.0 Å². The smallest absolute Gasteiger partial charge is 0.236 e. The van der Waals surface area contributed by atoms with Gasteiger partial charge in [0.1, 0.15) is 12.0 Å². The molecule has 0 amide bonds. The molecule has 4 rings (SSSR count). The number of nitrogens with zero attached hydrogens (tertiary/aromatic N) is 3. The van der Waals surface area contributed by atoms with Crippen molar-refractivity contribution >= 4 is 47.0 Å². The first-order valence-electron chi connectivity index (χ1n) is 9.60. The van der Waals surface area contributed by atoms with Crippen molar-refractivity contribution in [3.05, 3.63) is 53.7 Å². The zero-order valence-corrected chi connectivity index (χ0v) is 20.1. The van der Waals surface area contributed by atoms with Crippen molar-refractivity contribution in [2.45, 2.75) is 19.0 Å². The van der Waals surface area contributed by atoms with Crippen LogP contribution in [0.25, 0.3) is 10.8 Å². The average Bonchev–Trinajstić information content (AvgIpc) is 3.52. The van der Waals surface area contributed by atoms with E-state index in [9.17, 15) is 0 Å². The van der Waals surface area contributed by atoms with Crippen molar-refractivity contribution in [2.75, 3.05) is 32.1 Å². The molecule has 1 aromatic carbocycles. The van der Waals surface area contributed by atoms with Gasteiger partial charge in [0, 0.05) is 26.2 Å². The Morgan fingerprint density at radius 3 is 2.97 bits per heavy atom. The van der Waals surface area contributed by atoms with Crippen molar-refractivity contribution in [1.82, 2.24) is 15.6 Å². The highest BCUT2D eigenvalue weighted by Gasteiger charge is 2.25. The summed E-state index contributed by atoms with van der Waals surface area (Å²) in [6.45, 7) is 2.42. The van der Waals surface area contributed by atoms with Crippen LogP contribution in [0.5, 0.6) is 5.75 Å². The van der Waals surface area contributed by atoms with Crippen molar-refractivity contribution in [2.24, 2.45) is 4.99 Å². The second-order valence-corrected chi connectivity index (χ2v) is 7.74. The fourth-order valence-corrected chi connectivity index (χ4v) is 4.11. The van der Waals surface area contributed by atoms with Gasteiger partial charge in [0.15, 0.2) is 5.96 Å². The number of guanidine groups is 1. The molecule has 2 N–H and O–H groups in total. The lowest BCUT2D eigenvalue weighted by atomic mass is 10.2. The third kappa shape index (κ3) is 5.25. The van der Waals surface area contributed by atoms with Crippen molar-refractivity contribution in [1.29, 1.82) is 0 Å². The number of halogens is 1. The van der Waals surface area contributed by atoms with E-state index in [0.29, 0.717) is 18.5 Å². The minimum atomic E-state index is 0. The highest BCUT2D eigenvalue weighted by Crippen LogP contribution is 2.30. The molecule has 0 spiro atoms. The van der Waals surface area contributed by atoms with Crippen LogP contribution in [0.4, 0.5) is 5.69 Å². The minimum Gasteiger partial charge on any atom is -0.495 e. The molecule has 2 aromatic heterocycles. The van der Waals surface area contributed by atoms with Crippen LogP contribution in [0.15, 0.2) is 57.5 Å². The van der Waals surface area contributed by atoms with Gasteiger partial charge in [-0.1, -0.05) is 18.2 Å². The van der Waals surface area contributed by atoms with Crippen LogP contribution in [0.2, 0.25) is 0 Å². The number of para-hydroxylation sites is 2. The third-order valence-corrected chi connectivity index (χ3v) is 5.76. The average molecular weight is 539 g/mol. The molecule has 1 fully saturated rings. The van der Waals surface area contributed by atoms with Gasteiger partial charge >= 0.3 is 0 Å². The Morgan fingerprint density at radius 1 is 1.33 bits per heavy atom. The maximum atomic E-state index is 5.57. The second kappa shape index (κ2) is 10.7. The van der Waals surface area contributed by atoms with Gasteiger partial charge in [-0.15, -0.1) is 35.3 Å². The molecular weight excluding hydrogens is 513 g/mol. The van der Waals surface area contributed by atoms with Gasteiger partial charge in [0.25, 0.3) is 0 Å². The molecular formula is C21H26IN5O2S. The lowest BCUT2D eigenvalue weighted by molar-refractivity contribution is 0.415. The van der Waals surface area contributed by atoms with E-state index in [1.54, 1.807) is 31.8 Å². The summed E-state index contributed by atoms with van der Waals surface area (Å²) in [5.74, 6) is 2.32. The molecule has 160 valence electrons. The summed E-state index contributed by atoms with van der Waals surface area (Å²) in [6, 6.07) is 12.4. The fraction of sp³-hybridized carbons (Fsp3) is 0.333. The lowest BCUT2D eigenvalue weighted by Crippen LogP contribution is -2.44. The van der Waals surface area contributed by atoms with Crippen LogP contribution in [0.1, 0.15) is 12.1 Å². The molecule has 0 aliphatic carbocycles. The maximum Gasteiger partial charge on any atom is 0.236 e. The number of rotatable bonds is 6. The van der Waals surface area contributed by atoms with Gasteiger partial charge in [-0.3, -0.25) is 4.99 Å². The van der Waals surface area contributed by atoms with E-state index in [2.05, 4.69) is 31.6 Å². The number of methoxy groups -OCH3 is 1. The summed E-state index contributed by atoms with van der Waals surface area (Å²) in [4.78, 5) is 12.3. The predicted octanol–water partition coefficient (Wildman–Crippen LogP) is 3.97. The van der Waals surface area contributed by atoms with E-state index in [0.717, 1.165) is 47.5 Å². The Kier molecular flexibility index (Phi) is 7.97. The SMILES string of the molecule is CN=C(NCc1coc(-c2cccs2)n1)NC1CCN(c2ccccc2OC)C1.I. The summed E-state index contributed by atoms with van der Waals surface area (Å²) in [5, 5.41) is 8.85. The molecule has 30 heavy (non-hydrogen) atoms. The first kappa shape index (κ1) is 22.4. The number of ether oxygens (including phenoxy) is 1. The Bertz CT molecular complexity index is 960. The molecule has 1 atom stereocenters. The molecule has 7 nitrogen and oxygen atoms in total. The highest BCUT2D eigenvalue weighted by atomic mass is 127. The number of thiophene rings is 1. The molecule has 3 aromatic rings. The van der Waals surface area contributed by atoms with E-state index >= 15 is 0 Å². The molecule has 1 aliphatic rings. The Labute approximate surface area is 197 Å². The summed E-state index contributed by atoms with van der Waals surface area (Å²) < 4.78 is 11.1. The van der Waals surface area contributed by atoms with Gasteiger partial charge in [0.05, 0.1) is 29.9 Å². The predicted molar refractivity (Wildman–Crippen MR) is 132 cm³/mol. The number of benzene rings is 1. The van der Waals surface area contributed by atoms with Gasteiger partial charge < -0.3 is 24.7 Å². The number of hydrogen-bond donors (Lipinski definition) is 2. The van der Waals surface area contributed by atoms with Crippen molar-refractivity contribution in [3.63, 3.8) is 0 Å². The molecule has 0 radical (unpaired) electrons. The second-order valence-electron chi connectivity index (χ2n) is 6.79. The van der Waals surface area contributed by atoms with E-state index < -0.39 is 0 Å². The first-order chi connectivity index (χ1) is 14.3. The van der Waals surface area contributed by atoms with Crippen molar-refractivity contribution < 1.29 is 9.15 Å². The van der Waals surface area contributed by atoms with Crippen LogP contribution in [0, 0.1) is 0 Å². The Morgan fingerprint density at radius 2 is 2.20 bits per heavy atom. The summed E-state index contributed by atoms with van der Waals surface area (Å²) >= 11 is 1.61. The maximum absolute atomic E-state index is 5.57. The quantitative estimate of drug-likeness (QED) is 0.281. The van der Waals surface area contributed by atoms with Crippen LogP contribution < -0.4 is 20.3 Å². The normalized spacial score (nSPS) is 16.3. The minimum absolute atomic E-state index is 0. The van der Waals surface area contributed by atoms with Crippen LogP contribution >= 0.6 is 35.3 Å². The van der Waals surface area contributed by atoms with E-state index in [-0.39, 0.29) is 24.0 Å². The number of aromatic nitrogens is 1. The zero-order chi connectivity index (χ0) is 20.1. The summed E-state index contributed by atoms with van der Waals surface area (Å²) in [6.07, 6.45) is 2.72. The Hall–Kier alpha value is -2.27. The molecule has 0 saturated carbocycles. The highest BCUT2D eigenvalue weighted by molar-refractivity contribution is 14.0. The van der Waals surface area contributed by atoms with Gasteiger partial charge in [0.2, 0.25) is 5.89 Å². The van der Waals surface area contributed by atoms with E-state index in [1.807, 2.05) is 35.7 Å². The number of oxazole rings is 1. The molecule has 9 heteroatoms. The summed E-state index contributed by atoms with van der Waals surface area (Å²) in [5.41, 5.74) is 1.98. The first-order valence-corrected chi connectivity index (χ1v) is 10.5. The number of anilines is 1. The largest absolute Gasteiger partial charge is 0.495 e. The molecule has 1 aliphatic heterocycles. The van der Waals surface area contributed by atoms with Crippen molar-refractivity contribution in [3.8, 4) is 16.5 Å². The fourth-order valence-electron chi connectivity index (χ4n) is 3.45. The Balaban J connectivity index is 0.00000256. The van der Waals surface area contributed by atoms with Crippen LogP contribution in [-0.4, -0.2) is 44.2 Å². The molecule has 0 bridgehead atoms. The topological polar surface area (TPSA) is 74.9 Å². The molecule has 3 heterocycles. The van der Waals surface area contributed by atoms with E-state index in [1.165, 1.54) is 0 Å². The third-order valence-electron chi connectivity index (χ3n) is 4.90. The molecule has 1 saturated heterocycles. The standard InChI is InChI=1S/C21H25N5O2S.HI/c1-22-21(23-12-16-14-28-20(24-16)19-8-5-11-29-19)25-15-9-10-26(13-15)17-6-3-4-7-18(17)27-2;/h3-8,11,14-15H,9-10,12-13H2,1-2H3,(H2,22,23,25);1H. The van der Waals surface area contributed by atoms with Gasteiger partial charge in [-0.2, -0.15) is 0 Å². The number of hydrogen-bond acceptors (Lipinski definition) is 6. The van der Waals surface area contributed by atoms with Crippen LogP contribution in [-0.2, 0) is 6.54 Å². The van der Waals surface area contributed by atoms with E-state index in [4.69, 9.17) is 9.15 Å². The summed E-state index contributed by atoms with van der Waals surface area (Å²) in [7, 11) is 3.49. The number of nitrogens with one attached hydrogen (secondary N) is 2. The number of aliphatic imine (C=N–C) groups is 1. The van der Waals surface area contributed by atoms with Gasteiger partial charge in [-0.25, -0.2) is 4.98 Å².